The van der Waals surface area contributed by atoms with Crippen LogP contribution in [0.4, 0.5) is 13.2 Å². The number of fused-ring (bicyclic) bond motifs is 3. The normalized spacial score (nSPS) is 29.3. The van der Waals surface area contributed by atoms with E-state index in [1.54, 1.807) is 6.07 Å². The average molecular weight is 380 g/mol. The number of nitrogens with one attached hydrogen (secondary N) is 1. The number of benzene rings is 1. The molecule has 3 saturated heterocycles. The van der Waals surface area contributed by atoms with Gasteiger partial charge in [-0.05, 0) is 68.3 Å². The van der Waals surface area contributed by atoms with E-state index in [2.05, 4.69) is 10.2 Å². The summed E-state index contributed by atoms with van der Waals surface area (Å²) in [5.41, 5.74) is -0.523. The topological polar surface area (TPSA) is 32.3 Å². The Hall–Kier alpha value is -1.60. The first kappa shape index (κ1) is 16.6. The molecule has 1 aromatic carbocycles. The molecule has 1 saturated carbocycles. The minimum atomic E-state index is -4.37. The van der Waals surface area contributed by atoms with Crippen molar-refractivity contribution in [2.24, 2.45) is 5.92 Å². The van der Waals surface area contributed by atoms with Crippen LogP contribution in [0.2, 0.25) is 0 Å². The zero-order valence-electron chi connectivity index (χ0n) is 14.1. The molecule has 0 radical (unpaired) electrons. The lowest BCUT2D eigenvalue weighted by atomic mass is 9.77. The molecule has 4 fully saturated rings. The van der Waals surface area contributed by atoms with Crippen LogP contribution in [0, 0.1) is 5.92 Å². The van der Waals surface area contributed by atoms with Crippen molar-refractivity contribution in [1.29, 1.82) is 0 Å². The lowest BCUT2D eigenvalue weighted by Gasteiger charge is -2.52. The highest BCUT2D eigenvalue weighted by molar-refractivity contribution is 7.20. The van der Waals surface area contributed by atoms with Crippen molar-refractivity contribution in [3.63, 3.8) is 0 Å². The number of carbonyl (C=O) groups excluding carboxylic acids is 1. The predicted molar refractivity (Wildman–Crippen MR) is 94.3 cm³/mol. The first-order valence-electron chi connectivity index (χ1n) is 9.04. The Morgan fingerprint density at radius 1 is 1.19 bits per heavy atom. The van der Waals surface area contributed by atoms with Crippen molar-refractivity contribution in [2.75, 3.05) is 13.1 Å². The summed E-state index contributed by atoms with van der Waals surface area (Å²) in [6, 6.07) is 5.53. The highest BCUT2D eigenvalue weighted by Crippen LogP contribution is 2.53. The van der Waals surface area contributed by atoms with E-state index in [1.807, 2.05) is 0 Å². The fourth-order valence-corrected chi connectivity index (χ4v) is 5.86. The maximum atomic E-state index is 12.9. The van der Waals surface area contributed by atoms with Gasteiger partial charge in [-0.1, -0.05) is 6.07 Å². The Morgan fingerprint density at radius 3 is 2.58 bits per heavy atom. The first-order chi connectivity index (χ1) is 12.4. The molecule has 7 heteroatoms. The highest BCUT2D eigenvalue weighted by atomic mass is 32.1. The largest absolute Gasteiger partial charge is 0.416 e. The molecule has 4 heterocycles. The van der Waals surface area contributed by atoms with Gasteiger partial charge in [0.05, 0.1) is 16.5 Å². The molecule has 3 nitrogen and oxygen atoms in total. The average Bonchev–Trinajstić information content (AvgIpc) is 3.26. The van der Waals surface area contributed by atoms with E-state index in [0.29, 0.717) is 20.9 Å². The Morgan fingerprint density at radius 2 is 1.92 bits per heavy atom. The minimum absolute atomic E-state index is 0.148. The summed E-state index contributed by atoms with van der Waals surface area (Å²) in [6.07, 6.45) is 0.141. The van der Waals surface area contributed by atoms with Crippen molar-refractivity contribution >= 4 is 27.3 Å². The van der Waals surface area contributed by atoms with Gasteiger partial charge in [0.25, 0.3) is 5.91 Å². The SMILES string of the molecule is O=C(N[C@H]1C2CCN(CC2)C12CC2)c1cc2ccc(C(F)(F)F)cc2s1. The smallest absolute Gasteiger partial charge is 0.346 e. The Labute approximate surface area is 153 Å². The van der Waals surface area contributed by atoms with Gasteiger partial charge >= 0.3 is 6.18 Å². The second-order valence-corrected chi connectivity index (χ2v) is 8.82. The molecule has 4 aliphatic rings. The van der Waals surface area contributed by atoms with E-state index in [9.17, 15) is 18.0 Å². The van der Waals surface area contributed by atoms with Crippen molar-refractivity contribution in [3.8, 4) is 0 Å². The fraction of sp³-hybridized carbons (Fsp3) is 0.526. The molecule has 2 aromatic rings. The van der Waals surface area contributed by atoms with Crippen LogP contribution < -0.4 is 5.32 Å². The first-order valence-corrected chi connectivity index (χ1v) is 9.85. The van der Waals surface area contributed by atoms with Gasteiger partial charge in [-0.25, -0.2) is 0 Å². The molecule has 1 atom stereocenters. The van der Waals surface area contributed by atoms with Crippen molar-refractivity contribution in [2.45, 2.75) is 43.4 Å². The molecule has 1 aromatic heterocycles. The monoisotopic (exact) mass is 380 g/mol. The van der Waals surface area contributed by atoms with Crippen molar-refractivity contribution in [1.82, 2.24) is 10.2 Å². The summed E-state index contributed by atoms with van der Waals surface area (Å²) in [4.78, 5) is 15.8. The third kappa shape index (κ3) is 2.47. The van der Waals surface area contributed by atoms with E-state index in [1.165, 1.54) is 6.07 Å². The standard InChI is InChI=1S/C19H19F3N2OS/c20-19(21,22)13-2-1-12-9-15(26-14(12)10-13)17(25)23-16-11-3-7-24(8-4-11)18(16)5-6-18/h1-2,9-11,16H,3-8H2,(H,23,25)/t16-/m0/s1. The van der Waals surface area contributed by atoms with Gasteiger partial charge in [-0.2, -0.15) is 13.2 Å². The Bertz CT molecular complexity index is 879. The zero-order valence-corrected chi connectivity index (χ0v) is 14.9. The van der Waals surface area contributed by atoms with Gasteiger partial charge < -0.3 is 5.32 Å². The molecule has 138 valence electrons. The van der Waals surface area contributed by atoms with Crippen LogP contribution in [0.5, 0.6) is 0 Å². The van der Waals surface area contributed by atoms with Crippen LogP contribution in [-0.4, -0.2) is 35.5 Å². The van der Waals surface area contributed by atoms with Crippen LogP contribution in [0.25, 0.3) is 10.1 Å². The molecule has 1 aliphatic carbocycles. The van der Waals surface area contributed by atoms with E-state index >= 15 is 0 Å². The number of halogens is 3. The van der Waals surface area contributed by atoms with E-state index in [-0.39, 0.29) is 17.5 Å². The molecule has 0 unspecified atom stereocenters. The number of rotatable bonds is 2. The van der Waals surface area contributed by atoms with Crippen LogP contribution in [-0.2, 0) is 6.18 Å². The second kappa shape index (κ2) is 5.45. The molecule has 1 N–H and O–H groups in total. The number of amides is 1. The summed E-state index contributed by atoms with van der Waals surface area (Å²) in [5.74, 6) is 0.377. The van der Waals surface area contributed by atoms with E-state index in [4.69, 9.17) is 0 Å². The van der Waals surface area contributed by atoms with Gasteiger partial charge in [0, 0.05) is 10.2 Å². The minimum Gasteiger partial charge on any atom is -0.346 e. The molecule has 1 amide bonds. The Kier molecular flexibility index (Phi) is 3.47. The van der Waals surface area contributed by atoms with Gasteiger partial charge in [-0.3, -0.25) is 9.69 Å². The fourth-order valence-electron chi connectivity index (χ4n) is 4.85. The number of carbonyl (C=O) groups is 1. The van der Waals surface area contributed by atoms with E-state index < -0.39 is 11.7 Å². The van der Waals surface area contributed by atoms with Gasteiger partial charge in [-0.15, -0.1) is 11.3 Å². The van der Waals surface area contributed by atoms with Crippen LogP contribution >= 0.6 is 11.3 Å². The lowest BCUT2D eigenvalue weighted by Crippen LogP contribution is -2.65. The maximum Gasteiger partial charge on any atom is 0.416 e. The van der Waals surface area contributed by atoms with Crippen molar-refractivity contribution < 1.29 is 18.0 Å². The number of piperidine rings is 3. The third-order valence-electron chi connectivity index (χ3n) is 6.34. The van der Waals surface area contributed by atoms with E-state index in [0.717, 1.165) is 62.2 Å². The second-order valence-electron chi connectivity index (χ2n) is 7.74. The number of thiophene rings is 1. The van der Waals surface area contributed by atoms with Gasteiger partial charge in [0.2, 0.25) is 0 Å². The molecule has 6 rings (SSSR count). The number of hydrogen-bond donors (Lipinski definition) is 1. The summed E-state index contributed by atoms with van der Waals surface area (Å²) in [5, 5.41) is 3.92. The van der Waals surface area contributed by atoms with Crippen LogP contribution in [0.3, 0.4) is 0 Å². The summed E-state index contributed by atoms with van der Waals surface area (Å²) in [7, 11) is 0. The lowest BCUT2D eigenvalue weighted by molar-refractivity contribution is -0.137. The number of hydrogen-bond acceptors (Lipinski definition) is 3. The molecule has 3 aliphatic heterocycles. The Balaban J connectivity index is 1.40. The van der Waals surface area contributed by atoms with Crippen molar-refractivity contribution in [3.05, 3.63) is 34.7 Å². The third-order valence-corrected chi connectivity index (χ3v) is 7.44. The van der Waals surface area contributed by atoms with Gasteiger partial charge in [0.1, 0.15) is 0 Å². The molecule has 1 spiro atoms. The molecule has 2 bridgehead atoms. The summed E-state index contributed by atoms with van der Waals surface area (Å²) >= 11 is 1.14. The number of nitrogens with zero attached hydrogens (tertiary/aromatic N) is 1. The highest BCUT2D eigenvalue weighted by Gasteiger charge is 2.60. The maximum absolute atomic E-state index is 12.9. The predicted octanol–water partition coefficient (Wildman–Crippen LogP) is 4.28. The quantitative estimate of drug-likeness (QED) is 0.844. The van der Waals surface area contributed by atoms with Gasteiger partial charge in [0.15, 0.2) is 0 Å². The zero-order chi connectivity index (χ0) is 18.1. The molecular weight excluding hydrogens is 361 g/mol. The summed E-state index contributed by atoms with van der Waals surface area (Å²) < 4.78 is 39.2. The number of alkyl halides is 3. The molecule has 26 heavy (non-hydrogen) atoms. The summed E-state index contributed by atoms with van der Waals surface area (Å²) in [6.45, 7) is 2.25. The van der Waals surface area contributed by atoms with Crippen LogP contribution in [0.15, 0.2) is 24.3 Å². The molecular formula is C19H19F3N2OS. The van der Waals surface area contributed by atoms with Crippen LogP contribution in [0.1, 0.15) is 40.9 Å².